The van der Waals surface area contributed by atoms with E-state index < -0.39 is 115 Å². The van der Waals surface area contributed by atoms with Gasteiger partial charge in [-0.2, -0.15) is 11.8 Å². The zero-order valence-corrected chi connectivity index (χ0v) is 32.4. The van der Waals surface area contributed by atoms with E-state index in [-0.39, 0.29) is 31.1 Å². The lowest BCUT2D eigenvalue weighted by Crippen LogP contribution is -2.61. The van der Waals surface area contributed by atoms with Gasteiger partial charge in [-0.25, -0.2) is 4.79 Å². The molecule has 0 aliphatic rings. The van der Waals surface area contributed by atoms with Crippen LogP contribution < -0.4 is 43.4 Å². The number of primary amides is 1. The van der Waals surface area contributed by atoms with Gasteiger partial charge in [-0.15, -0.1) is 0 Å². The summed E-state index contributed by atoms with van der Waals surface area (Å²) in [5, 5.41) is 43.9. The summed E-state index contributed by atoms with van der Waals surface area (Å²) < 4.78 is 0. The normalized spacial score (nSPS) is 15.8. The van der Waals surface area contributed by atoms with Crippen LogP contribution in [0, 0.1) is 17.8 Å². The molecule has 19 nitrogen and oxygen atoms in total. The van der Waals surface area contributed by atoms with Gasteiger partial charge in [0.25, 0.3) is 0 Å². The number of carboxylic acid groups (broad SMARTS) is 1. The maximum absolute atomic E-state index is 13.5. The van der Waals surface area contributed by atoms with Crippen LogP contribution in [0.15, 0.2) is 0 Å². The van der Waals surface area contributed by atoms with Crippen LogP contribution >= 0.6 is 11.8 Å². The van der Waals surface area contributed by atoms with Gasteiger partial charge in [-0.3, -0.25) is 33.6 Å². The van der Waals surface area contributed by atoms with E-state index in [2.05, 4.69) is 31.9 Å². The van der Waals surface area contributed by atoms with Crippen molar-refractivity contribution in [3.8, 4) is 0 Å². The monoisotopic (exact) mass is 776 g/mol. The Morgan fingerprint density at radius 3 is 1.38 bits per heavy atom. The number of amides is 7. The predicted molar refractivity (Wildman–Crippen MR) is 197 cm³/mol. The van der Waals surface area contributed by atoms with Crippen molar-refractivity contribution in [1.29, 1.82) is 0 Å². The second kappa shape index (κ2) is 25.1. The number of aliphatic hydroxyl groups is 2. The van der Waals surface area contributed by atoms with E-state index in [0.29, 0.717) is 12.2 Å². The molecule has 0 aliphatic carbocycles. The summed E-state index contributed by atoms with van der Waals surface area (Å²) in [7, 11) is 0. The van der Waals surface area contributed by atoms with Crippen molar-refractivity contribution in [3.63, 3.8) is 0 Å². The third-order valence-electron chi connectivity index (χ3n) is 8.09. The molecule has 0 rings (SSSR count). The van der Waals surface area contributed by atoms with E-state index in [0.717, 1.165) is 0 Å². The first-order valence-electron chi connectivity index (χ1n) is 17.5. The van der Waals surface area contributed by atoms with Crippen molar-refractivity contribution in [2.45, 2.75) is 116 Å². The first kappa shape index (κ1) is 49.0. The Balaban J connectivity index is 5.98. The molecule has 20 heteroatoms. The van der Waals surface area contributed by atoms with Gasteiger partial charge in [-0.1, -0.05) is 48.0 Å². The number of carbonyl (C=O) groups excluding carboxylic acids is 7. The number of thioether (sulfide) groups is 1. The van der Waals surface area contributed by atoms with Gasteiger partial charge in [0.2, 0.25) is 41.4 Å². The number of carboxylic acids is 1. The highest BCUT2D eigenvalue weighted by Crippen LogP contribution is 2.12. The Morgan fingerprint density at radius 1 is 0.623 bits per heavy atom. The Kier molecular flexibility index (Phi) is 23.2. The van der Waals surface area contributed by atoms with Crippen molar-refractivity contribution < 1.29 is 53.7 Å². The molecule has 304 valence electrons. The highest BCUT2D eigenvalue weighted by Gasteiger charge is 2.35. The standard InChI is InChI=1S/C33H60N8O11S/c1-8-18(6)26(41-27(45)19(34)13-25(35)44)32(50)38-22(12-17(4)5)29(47)40-24(15-43)31(49)37-21(11-16(2)3)28(46)39-23(14-42)30(48)36-20(33(51)52)9-10-53-7/h16-24,26,42-43H,8-15,34H2,1-7H3,(H2,35,44)(H,36,48)(H,37,49)(H,38,50)(H,39,46)(H,40,47)(H,41,45)(H,51,52)/t18-,19-,20-,21-,22-,23-,24-,26-/m0/s1. The number of aliphatic carboxylic acids is 1. The lowest BCUT2D eigenvalue weighted by molar-refractivity contribution is -0.142. The zero-order valence-electron chi connectivity index (χ0n) is 31.6. The molecular weight excluding hydrogens is 716 g/mol. The van der Waals surface area contributed by atoms with E-state index in [1.54, 1.807) is 47.8 Å². The molecule has 0 bridgehead atoms. The summed E-state index contributed by atoms with van der Waals surface area (Å²) in [5.74, 6) is -7.65. The lowest BCUT2D eigenvalue weighted by Gasteiger charge is -2.29. The van der Waals surface area contributed by atoms with Crippen molar-refractivity contribution in [2.24, 2.45) is 29.2 Å². The molecule has 7 amide bonds. The van der Waals surface area contributed by atoms with Gasteiger partial charge in [0.05, 0.1) is 25.7 Å². The lowest BCUT2D eigenvalue weighted by atomic mass is 9.96. The Hall–Kier alpha value is -4.01. The maximum Gasteiger partial charge on any atom is 0.326 e. The van der Waals surface area contributed by atoms with Gasteiger partial charge in [-0.05, 0) is 49.0 Å². The molecule has 0 spiro atoms. The van der Waals surface area contributed by atoms with Crippen LogP contribution in [-0.4, -0.2) is 130 Å². The second-order valence-electron chi connectivity index (χ2n) is 13.7. The fourth-order valence-corrected chi connectivity index (χ4v) is 5.38. The molecule has 8 atom stereocenters. The summed E-state index contributed by atoms with van der Waals surface area (Å²) in [6, 6.07) is -9.43. The second-order valence-corrected chi connectivity index (χ2v) is 14.7. The Labute approximate surface area is 314 Å². The fraction of sp³-hybridized carbons (Fsp3) is 0.758. The van der Waals surface area contributed by atoms with Crippen LogP contribution in [-0.2, 0) is 38.4 Å². The summed E-state index contributed by atoms with van der Waals surface area (Å²) in [6.45, 7) is 8.72. The van der Waals surface area contributed by atoms with Gasteiger partial charge in [0, 0.05) is 0 Å². The fourth-order valence-electron chi connectivity index (χ4n) is 4.91. The molecule has 0 saturated carbocycles. The number of carbonyl (C=O) groups is 8. The van der Waals surface area contributed by atoms with Crippen LogP contribution in [0.3, 0.4) is 0 Å². The maximum atomic E-state index is 13.5. The van der Waals surface area contributed by atoms with Crippen LogP contribution in [0.5, 0.6) is 0 Å². The molecule has 0 fully saturated rings. The van der Waals surface area contributed by atoms with E-state index in [4.69, 9.17) is 11.5 Å². The van der Waals surface area contributed by atoms with Crippen LogP contribution in [0.4, 0.5) is 0 Å². The van der Waals surface area contributed by atoms with Crippen LogP contribution in [0.2, 0.25) is 0 Å². The topological polar surface area (TPSA) is 321 Å². The number of rotatable bonds is 26. The number of aliphatic hydroxyl groups excluding tert-OH is 2. The molecular formula is C33H60N8O11S. The van der Waals surface area contributed by atoms with Crippen LogP contribution in [0.25, 0.3) is 0 Å². The minimum absolute atomic E-state index is 0.0345. The third-order valence-corrected chi connectivity index (χ3v) is 8.73. The zero-order chi connectivity index (χ0) is 41.0. The minimum Gasteiger partial charge on any atom is -0.480 e. The van der Waals surface area contributed by atoms with E-state index in [9.17, 15) is 53.7 Å². The molecule has 0 heterocycles. The number of hydrogen-bond acceptors (Lipinski definition) is 12. The van der Waals surface area contributed by atoms with Crippen molar-refractivity contribution >= 4 is 59.1 Å². The quantitative estimate of drug-likeness (QED) is 0.0420. The largest absolute Gasteiger partial charge is 0.480 e. The smallest absolute Gasteiger partial charge is 0.326 e. The molecule has 0 unspecified atom stereocenters. The number of nitrogens with one attached hydrogen (secondary N) is 6. The Morgan fingerprint density at radius 2 is 1.02 bits per heavy atom. The van der Waals surface area contributed by atoms with Gasteiger partial charge in [0.1, 0.15) is 36.3 Å². The SMILES string of the molecule is CC[C@H](C)[C@H](NC(=O)[C@@H](N)CC(N)=O)C(=O)N[C@@H](CC(C)C)C(=O)N[C@@H](CO)C(=O)N[C@@H](CC(C)C)C(=O)N[C@@H](CO)C(=O)N[C@@H](CCSC)C(=O)O. The molecule has 0 aromatic carbocycles. The molecule has 53 heavy (non-hydrogen) atoms. The summed E-state index contributed by atoms with van der Waals surface area (Å²) in [4.78, 5) is 102. The minimum atomic E-state index is -1.60. The molecule has 0 aromatic rings. The van der Waals surface area contributed by atoms with E-state index in [1.807, 2.05) is 0 Å². The summed E-state index contributed by atoms with van der Waals surface area (Å²) in [6.07, 6.45) is 1.96. The summed E-state index contributed by atoms with van der Waals surface area (Å²) in [5.41, 5.74) is 10.9. The number of hydrogen-bond donors (Lipinski definition) is 11. The van der Waals surface area contributed by atoms with Gasteiger partial charge >= 0.3 is 5.97 Å². The first-order valence-corrected chi connectivity index (χ1v) is 18.9. The average Bonchev–Trinajstić information content (AvgIpc) is 3.07. The predicted octanol–water partition coefficient (Wildman–Crippen LogP) is -2.94. The van der Waals surface area contributed by atoms with Crippen molar-refractivity contribution in [1.82, 2.24) is 31.9 Å². The summed E-state index contributed by atoms with van der Waals surface area (Å²) >= 11 is 1.37. The van der Waals surface area contributed by atoms with Crippen LogP contribution in [0.1, 0.15) is 73.6 Å². The molecule has 0 saturated heterocycles. The van der Waals surface area contributed by atoms with E-state index >= 15 is 0 Å². The molecule has 0 aromatic heterocycles. The van der Waals surface area contributed by atoms with E-state index in [1.165, 1.54) is 11.8 Å². The highest BCUT2D eigenvalue weighted by atomic mass is 32.2. The molecule has 0 radical (unpaired) electrons. The Bertz CT molecular complexity index is 1260. The molecule has 13 N–H and O–H groups in total. The van der Waals surface area contributed by atoms with Gasteiger partial charge < -0.3 is 58.7 Å². The molecule has 0 aliphatic heterocycles. The number of nitrogens with two attached hydrogens (primary N) is 2. The highest BCUT2D eigenvalue weighted by molar-refractivity contribution is 7.98. The first-order chi connectivity index (χ1) is 24.7. The van der Waals surface area contributed by atoms with Crippen molar-refractivity contribution in [3.05, 3.63) is 0 Å². The average molecular weight is 777 g/mol. The van der Waals surface area contributed by atoms with Gasteiger partial charge in [0.15, 0.2) is 0 Å². The third kappa shape index (κ3) is 18.5. The van der Waals surface area contributed by atoms with Crippen molar-refractivity contribution in [2.75, 3.05) is 25.2 Å².